The number of hydrogen-bond acceptors (Lipinski definition) is 10. The van der Waals surface area contributed by atoms with Crippen LogP contribution in [-0.2, 0) is 36.2 Å². The van der Waals surface area contributed by atoms with Crippen LogP contribution in [0.25, 0.3) is 11.2 Å². The molecule has 2 heterocycles. The number of fused-ring (bicyclic) bond motifs is 1. The van der Waals surface area contributed by atoms with Crippen LogP contribution in [0, 0.1) is 0 Å². The summed E-state index contributed by atoms with van der Waals surface area (Å²) in [5, 5.41) is 0. The van der Waals surface area contributed by atoms with Crippen molar-refractivity contribution in [2.75, 3.05) is 45.6 Å². The van der Waals surface area contributed by atoms with Crippen molar-refractivity contribution in [2.45, 2.75) is 123 Å². The molecule has 48 heavy (non-hydrogen) atoms. The summed E-state index contributed by atoms with van der Waals surface area (Å²) in [6.07, 6.45) is 22.9. The highest BCUT2D eigenvalue weighted by molar-refractivity contribution is 7.53. The van der Waals surface area contributed by atoms with E-state index in [9.17, 15) is 4.57 Å². The third-order valence-electron chi connectivity index (χ3n) is 8.30. The van der Waals surface area contributed by atoms with Gasteiger partial charge in [-0.05, 0) is 12.0 Å². The SMILES string of the molecule is CCCCCCCCCCCCCCCCCCOCCOP(=O)(COCCn1cnc2c(OC)nc(N)nc21)OCc1ccccc1. The molecule has 270 valence electrons. The fourth-order valence-electron chi connectivity index (χ4n) is 5.53. The lowest BCUT2D eigenvalue weighted by Gasteiger charge is -2.19. The number of methoxy groups -OCH3 is 1. The molecule has 1 unspecified atom stereocenters. The fourth-order valence-corrected chi connectivity index (χ4v) is 6.80. The number of aromatic nitrogens is 4. The number of unbranched alkanes of at least 4 members (excludes halogenated alkanes) is 15. The van der Waals surface area contributed by atoms with E-state index in [4.69, 9.17) is 29.0 Å². The second kappa shape index (κ2) is 24.6. The zero-order chi connectivity index (χ0) is 34.1. The monoisotopic (exact) mass is 689 g/mol. The van der Waals surface area contributed by atoms with Gasteiger partial charge in [-0.3, -0.25) is 4.57 Å². The van der Waals surface area contributed by atoms with Crippen LogP contribution in [0.4, 0.5) is 5.95 Å². The Morgan fingerprint density at radius 2 is 1.35 bits per heavy atom. The number of imidazole rings is 1. The van der Waals surface area contributed by atoms with Crippen LogP contribution in [0.5, 0.6) is 5.88 Å². The fraction of sp³-hybridized carbons (Fsp3) is 0.694. The van der Waals surface area contributed by atoms with Crippen molar-refractivity contribution in [2.24, 2.45) is 0 Å². The number of ether oxygens (including phenoxy) is 3. The van der Waals surface area contributed by atoms with Crippen LogP contribution in [0.2, 0.25) is 0 Å². The molecule has 1 aromatic carbocycles. The Hall–Kier alpha value is -2.56. The number of hydrogen-bond donors (Lipinski definition) is 1. The quantitative estimate of drug-likeness (QED) is 0.0534. The van der Waals surface area contributed by atoms with E-state index in [-0.39, 0.29) is 32.1 Å². The van der Waals surface area contributed by atoms with Gasteiger partial charge in [-0.15, -0.1) is 0 Å². The van der Waals surface area contributed by atoms with Crippen LogP contribution in [0.1, 0.15) is 115 Å². The minimum absolute atomic E-state index is 0.0891. The molecule has 0 amide bonds. The molecule has 3 rings (SSSR count). The summed E-state index contributed by atoms with van der Waals surface area (Å²) in [7, 11) is -2.04. The maximum absolute atomic E-state index is 13.6. The zero-order valence-electron chi connectivity index (χ0n) is 29.5. The van der Waals surface area contributed by atoms with Gasteiger partial charge in [-0.25, -0.2) is 4.98 Å². The minimum Gasteiger partial charge on any atom is -0.479 e. The van der Waals surface area contributed by atoms with E-state index in [2.05, 4.69) is 21.9 Å². The Morgan fingerprint density at radius 1 is 0.729 bits per heavy atom. The molecule has 1 atom stereocenters. The molecular formula is C36H60N5O6P. The molecule has 12 heteroatoms. The number of rotatable bonds is 30. The second-order valence-electron chi connectivity index (χ2n) is 12.4. The molecule has 11 nitrogen and oxygen atoms in total. The lowest BCUT2D eigenvalue weighted by molar-refractivity contribution is 0.0756. The average molecular weight is 690 g/mol. The Bertz CT molecular complexity index is 1290. The van der Waals surface area contributed by atoms with Gasteiger partial charge in [0.1, 0.15) is 6.35 Å². The second-order valence-corrected chi connectivity index (χ2v) is 14.4. The largest absolute Gasteiger partial charge is 0.479 e. The number of nitrogens with zero attached hydrogens (tertiary/aromatic N) is 4. The number of nitrogen functional groups attached to an aromatic ring is 1. The first-order valence-electron chi connectivity index (χ1n) is 18.1. The first kappa shape index (κ1) is 39.9. The highest BCUT2D eigenvalue weighted by Gasteiger charge is 2.25. The topological polar surface area (TPSA) is 133 Å². The van der Waals surface area contributed by atoms with Crippen LogP contribution >= 0.6 is 7.60 Å². The van der Waals surface area contributed by atoms with Gasteiger partial charge in [0, 0.05) is 13.2 Å². The maximum atomic E-state index is 13.6. The molecule has 0 saturated heterocycles. The third kappa shape index (κ3) is 16.2. The Balaban J connectivity index is 1.25. The van der Waals surface area contributed by atoms with Gasteiger partial charge in [-0.2, -0.15) is 9.97 Å². The van der Waals surface area contributed by atoms with Gasteiger partial charge in [0.05, 0.1) is 39.9 Å². The van der Waals surface area contributed by atoms with E-state index in [0.29, 0.717) is 36.8 Å². The van der Waals surface area contributed by atoms with Gasteiger partial charge in [-0.1, -0.05) is 134 Å². The summed E-state index contributed by atoms with van der Waals surface area (Å²) < 4.78 is 43.7. The molecule has 2 N–H and O–H groups in total. The summed E-state index contributed by atoms with van der Waals surface area (Å²) in [6.45, 7) is 4.25. The van der Waals surface area contributed by atoms with E-state index in [0.717, 1.165) is 12.0 Å². The molecule has 0 fully saturated rings. The van der Waals surface area contributed by atoms with Crippen LogP contribution in [0.15, 0.2) is 36.7 Å². The van der Waals surface area contributed by atoms with E-state index >= 15 is 0 Å². The molecular weight excluding hydrogens is 629 g/mol. The molecule has 0 spiro atoms. The molecule has 0 saturated carbocycles. The van der Waals surface area contributed by atoms with Crippen molar-refractivity contribution in [1.29, 1.82) is 0 Å². The van der Waals surface area contributed by atoms with E-state index < -0.39 is 7.60 Å². The summed E-state index contributed by atoms with van der Waals surface area (Å²) >= 11 is 0. The standard InChI is InChI=1S/C36H60N5O6P/c1-3-4-5-6-7-8-9-10-11-12-13-14-15-16-17-21-25-44-27-28-46-48(42,47-29-32-22-19-18-20-23-32)31-45-26-24-41-30-38-33-34(41)39-36(37)40-35(33)43-2/h18-20,22-23,30H,3-17,21,24-29,31H2,1-2H3,(H2,37,39,40). The van der Waals surface area contributed by atoms with Gasteiger partial charge in [0.2, 0.25) is 11.8 Å². The van der Waals surface area contributed by atoms with Gasteiger partial charge in [0.15, 0.2) is 11.2 Å². The number of anilines is 1. The normalized spacial score (nSPS) is 12.9. The zero-order valence-corrected chi connectivity index (χ0v) is 30.4. The summed E-state index contributed by atoms with van der Waals surface area (Å²) in [5.41, 5.74) is 7.75. The highest BCUT2D eigenvalue weighted by Crippen LogP contribution is 2.48. The van der Waals surface area contributed by atoms with Crippen LogP contribution in [-0.4, -0.2) is 59.4 Å². The van der Waals surface area contributed by atoms with Crippen molar-refractivity contribution < 1.29 is 27.8 Å². The summed E-state index contributed by atoms with van der Waals surface area (Å²) in [4.78, 5) is 12.6. The molecule has 0 aliphatic carbocycles. The van der Waals surface area contributed by atoms with Crippen LogP contribution < -0.4 is 10.5 Å². The van der Waals surface area contributed by atoms with Gasteiger partial charge in [0.25, 0.3) is 0 Å². The van der Waals surface area contributed by atoms with E-state index in [1.165, 1.54) is 103 Å². The third-order valence-corrected chi connectivity index (χ3v) is 9.89. The summed E-state index contributed by atoms with van der Waals surface area (Å²) in [5.74, 6) is 0.396. The molecule has 3 aromatic rings. The van der Waals surface area contributed by atoms with Crippen molar-refractivity contribution in [3.8, 4) is 5.88 Å². The first-order valence-corrected chi connectivity index (χ1v) is 19.9. The number of nitrogens with two attached hydrogens (primary N) is 1. The predicted molar refractivity (Wildman–Crippen MR) is 192 cm³/mol. The predicted octanol–water partition coefficient (Wildman–Crippen LogP) is 9.10. The van der Waals surface area contributed by atoms with Crippen molar-refractivity contribution >= 4 is 24.7 Å². The molecule has 0 aliphatic rings. The first-order chi connectivity index (χ1) is 23.5. The lowest BCUT2D eigenvalue weighted by Crippen LogP contribution is -2.11. The average Bonchev–Trinajstić information content (AvgIpc) is 3.51. The Morgan fingerprint density at radius 3 is 1.98 bits per heavy atom. The van der Waals surface area contributed by atoms with Crippen molar-refractivity contribution in [1.82, 2.24) is 19.5 Å². The van der Waals surface area contributed by atoms with Gasteiger partial charge < -0.3 is 33.6 Å². The van der Waals surface area contributed by atoms with Crippen LogP contribution in [0.3, 0.4) is 0 Å². The molecule has 0 aliphatic heterocycles. The Kier molecular flexibility index (Phi) is 20.4. The van der Waals surface area contributed by atoms with Crippen molar-refractivity contribution in [3.05, 3.63) is 42.2 Å². The minimum atomic E-state index is -3.55. The lowest BCUT2D eigenvalue weighted by atomic mass is 10.0. The Labute approximate surface area is 288 Å². The van der Waals surface area contributed by atoms with E-state index in [1.54, 1.807) is 10.9 Å². The smallest absolute Gasteiger partial charge is 0.356 e. The van der Waals surface area contributed by atoms with Gasteiger partial charge >= 0.3 is 7.60 Å². The van der Waals surface area contributed by atoms with E-state index in [1.807, 2.05) is 30.3 Å². The number of benzene rings is 1. The highest BCUT2D eigenvalue weighted by atomic mass is 31.2. The molecule has 0 radical (unpaired) electrons. The molecule has 2 aromatic heterocycles. The summed E-state index contributed by atoms with van der Waals surface area (Å²) in [6, 6.07) is 9.58. The maximum Gasteiger partial charge on any atom is 0.356 e. The van der Waals surface area contributed by atoms with Crippen molar-refractivity contribution in [3.63, 3.8) is 0 Å². The molecule has 0 bridgehead atoms.